The van der Waals surface area contributed by atoms with E-state index >= 15 is 0 Å². The van der Waals surface area contributed by atoms with Gasteiger partial charge in [0.25, 0.3) is 0 Å². The van der Waals surface area contributed by atoms with Gasteiger partial charge in [0, 0.05) is 15.3 Å². The third-order valence-electron chi connectivity index (χ3n) is 1.66. The van der Waals surface area contributed by atoms with Gasteiger partial charge in [-0.05, 0) is 23.2 Å². The molecule has 0 aromatic heterocycles. The van der Waals surface area contributed by atoms with Gasteiger partial charge in [-0.2, -0.15) is 0 Å². The Morgan fingerprint density at radius 1 is 1.17 bits per heavy atom. The van der Waals surface area contributed by atoms with Crippen LogP contribution in [0.3, 0.4) is 0 Å². The standard InChI is InChI=1S/C8H9Cl3Si/c1-4(12)7-5(9)2-3-6(10)8(7)11/h2-4H,1,12H3. The lowest BCUT2D eigenvalue weighted by Gasteiger charge is -2.11. The summed E-state index contributed by atoms with van der Waals surface area (Å²) in [6.45, 7) is 2.09. The highest BCUT2D eigenvalue weighted by molar-refractivity contribution is 6.44. The zero-order valence-corrected chi connectivity index (χ0v) is 11.1. The van der Waals surface area contributed by atoms with Gasteiger partial charge in [-0.3, -0.25) is 0 Å². The van der Waals surface area contributed by atoms with Crippen molar-refractivity contribution in [2.75, 3.05) is 0 Å². The molecule has 0 aliphatic rings. The topological polar surface area (TPSA) is 0 Å². The summed E-state index contributed by atoms with van der Waals surface area (Å²) in [7, 11) is 1.02. The van der Waals surface area contributed by atoms with E-state index in [-0.39, 0.29) is 0 Å². The van der Waals surface area contributed by atoms with Gasteiger partial charge in [-0.15, -0.1) is 0 Å². The molecule has 0 radical (unpaired) electrons. The quantitative estimate of drug-likeness (QED) is 0.522. The minimum Gasteiger partial charge on any atom is -0.0840 e. The van der Waals surface area contributed by atoms with Crippen LogP contribution in [0, 0.1) is 0 Å². The molecular weight excluding hydrogens is 231 g/mol. The molecule has 1 aromatic rings. The highest BCUT2D eigenvalue weighted by atomic mass is 35.5. The van der Waals surface area contributed by atoms with E-state index in [0.29, 0.717) is 20.6 Å². The Labute approximate surface area is 90.2 Å². The van der Waals surface area contributed by atoms with Crippen molar-refractivity contribution in [1.82, 2.24) is 0 Å². The van der Waals surface area contributed by atoms with Crippen molar-refractivity contribution < 1.29 is 0 Å². The minimum atomic E-state index is 0.434. The maximum atomic E-state index is 6.00. The molecule has 1 unspecified atom stereocenters. The molecular formula is C8H9Cl3Si. The van der Waals surface area contributed by atoms with Crippen LogP contribution in [-0.4, -0.2) is 10.2 Å². The highest BCUT2D eigenvalue weighted by Gasteiger charge is 2.11. The molecule has 0 saturated carbocycles. The molecule has 1 aromatic carbocycles. The van der Waals surface area contributed by atoms with E-state index in [4.69, 9.17) is 34.8 Å². The van der Waals surface area contributed by atoms with Crippen LogP contribution in [0.5, 0.6) is 0 Å². The van der Waals surface area contributed by atoms with E-state index in [1.54, 1.807) is 12.1 Å². The first-order valence-corrected chi connectivity index (χ1v) is 5.96. The van der Waals surface area contributed by atoms with Crippen LogP contribution in [0.1, 0.15) is 18.0 Å². The van der Waals surface area contributed by atoms with E-state index in [2.05, 4.69) is 6.92 Å². The van der Waals surface area contributed by atoms with E-state index in [9.17, 15) is 0 Å². The summed E-state index contributed by atoms with van der Waals surface area (Å²) in [5.74, 6) is 0. The molecule has 0 N–H and O–H groups in total. The fraction of sp³-hybridized carbons (Fsp3) is 0.250. The SMILES string of the molecule is CC([SiH3])c1c(Cl)ccc(Cl)c1Cl. The predicted octanol–water partition coefficient (Wildman–Crippen LogP) is 3.07. The monoisotopic (exact) mass is 238 g/mol. The third-order valence-corrected chi connectivity index (χ3v) is 3.38. The molecule has 1 rings (SSSR count). The summed E-state index contributed by atoms with van der Waals surface area (Å²) in [6, 6.07) is 3.51. The van der Waals surface area contributed by atoms with Crippen molar-refractivity contribution in [3.05, 3.63) is 32.8 Å². The van der Waals surface area contributed by atoms with Crippen LogP contribution in [0.15, 0.2) is 12.1 Å². The zero-order valence-electron chi connectivity index (χ0n) is 6.87. The molecule has 0 nitrogen and oxygen atoms in total. The normalized spacial score (nSPS) is 13.3. The summed E-state index contributed by atoms with van der Waals surface area (Å²) in [5, 5.41) is 1.90. The Morgan fingerprint density at radius 2 is 1.67 bits per heavy atom. The summed E-state index contributed by atoms with van der Waals surface area (Å²) in [5.41, 5.74) is 1.42. The van der Waals surface area contributed by atoms with Crippen molar-refractivity contribution >= 4 is 45.0 Å². The van der Waals surface area contributed by atoms with E-state index in [1.165, 1.54) is 0 Å². The van der Waals surface area contributed by atoms with Crippen LogP contribution in [0.25, 0.3) is 0 Å². The van der Waals surface area contributed by atoms with Gasteiger partial charge in [0.05, 0.1) is 10.0 Å². The van der Waals surface area contributed by atoms with Gasteiger partial charge in [-0.25, -0.2) is 0 Å². The van der Waals surface area contributed by atoms with Gasteiger partial charge in [0.2, 0.25) is 0 Å². The maximum absolute atomic E-state index is 6.00. The van der Waals surface area contributed by atoms with E-state index in [1.807, 2.05) is 0 Å². The molecule has 0 bridgehead atoms. The molecule has 0 spiro atoms. The van der Waals surface area contributed by atoms with Crippen LogP contribution in [0.2, 0.25) is 15.1 Å². The minimum absolute atomic E-state index is 0.434. The lowest BCUT2D eigenvalue weighted by atomic mass is 10.1. The third kappa shape index (κ3) is 1.97. The number of hydrogen-bond acceptors (Lipinski definition) is 0. The summed E-state index contributed by atoms with van der Waals surface area (Å²) in [4.78, 5) is 0. The second-order valence-corrected chi connectivity index (χ2v) is 5.84. The van der Waals surface area contributed by atoms with Gasteiger partial charge in [0.1, 0.15) is 0 Å². The molecule has 12 heavy (non-hydrogen) atoms. The predicted molar refractivity (Wildman–Crippen MR) is 59.8 cm³/mol. The fourth-order valence-corrected chi connectivity index (χ4v) is 3.01. The Hall–Kier alpha value is 0.307. The summed E-state index contributed by atoms with van der Waals surface area (Å²) >= 11 is 17.8. The first kappa shape index (κ1) is 10.4. The number of hydrogen-bond donors (Lipinski definition) is 0. The lowest BCUT2D eigenvalue weighted by Crippen LogP contribution is -1.94. The Morgan fingerprint density at radius 3 is 2.08 bits per heavy atom. The number of rotatable bonds is 1. The van der Waals surface area contributed by atoms with Crippen LogP contribution in [-0.2, 0) is 0 Å². The van der Waals surface area contributed by atoms with Crippen molar-refractivity contribution in [2.24, 2.45) is 0 Å². The largest absolute Gasteiger partial charge is 0.0840 e. The summed E-state index contributed by atoms with van der Waals surface area (Å²) in [6.07, 6.45) is 0. The average Bonchev–Trinajstić information content (AvgIpc) is 1.97. The molecule has 1 atom stereocenters. The number of halogens is 3. The second kappa shape index (κ2) is 4.01. The molecule has 0 amide bonds. The molecule has 0 heterocycles. The summed E-state index contributed by atoms with van der Waals surface area (Å²) < 4.78 is 0. The Kier molecular flexibility index (Phi) is 3.47. The first-order chi connectivity index (χ1) is 5.54. The molecule has 0 aliphatic carbocycles. The van der Waals surface area contributed by atoms with E-state index in [0.717, 1.165) is 15.8 Å². The molecule has 4 heteroatoms. The van der Waals surface area contributed by atoms with Gasteiger partial charge < -0.3 is 0 Å². The molecule has 66 valence electrons. The molecule has 0 fully saturated rings. The highest BCUT2D eigenvalue weighted by Crippen LogP contribution is 2.34. The van der Waals surface area contributed by atoms with Gasteiger partial charge in [0.15, 0.2) is 0 Å². The molecule has 0 saturated heterocycles. The first-order valence-electron chi connectivity index (χ1n) is 3.67. The van der Waals surface area contributed by atoms with Crippen molar-refractivity contribution in [2.45, 2.75) is 12.5 Å². The Bertz CT molecular complexity index is 297. The lowest BCUT2D eigenvalue weighted by molar-refractivity contribution is 1.08. The van der Waals surface area contributed by atoms with Gasteiger partial charge in [-0.1, -0.05) is 41.7 Å². The van der Waals surface area contributed by atoms with Crippen LogP contribution in [0.4, 0.5) is 0 Å². The van der Waals surface area contributed by atoms with Crippen molar-refractivity contribution in [3.8, 4) is 0 Å². The Balaban J connectivity index is 3.33. The van der Waals surface area contributed by atoms with Crippen LogP contribution >= 0.6 is 34.8 Å². The second-order valence-electron chi connectivity index (χ2n) is 2.91. The van der Waals surface area contributed by atoms with E-state index < -0.39 is 0 Å². The van der Waals surface area contributed by atoms with Crippen LogP contribution < -0.4 is 0 Å². The van der Waals surface area contributed by atoms with Crippen molar-refractivity contribution in [3.63, 3.8) is 0 Å². The van der Waals surface area contributed by atoms with Gasteiger partial charge >= 0.3 is 0 Å². The van der Waals surface area contributed by atoms with Crippen molar-refractivity contribution in [1.29, 1.82) is 0 Å². The number of benzene rings is 1. The smallest absolute Gasteiger partial charge is 0.0638 e. The zero-order chi connectivity index (χ0) is 9.30. The average molecular weight is 240 g/mol. The maximum Gasteiger partial charge on any atom is 0.0638 e. The fourth-order valence-electron chi connectivity index (χ4n) is 1.07. The molecule has 0 aliphatic heterocycles.